The van der Waals surface area contributed by atoms with Crippen LogP contribution in [-0.2, 0) is 9.59 Å². The van der Waals surface area contributed by atoms with Crippen molar-refractivity contribution < 1.29 is 19.5 Å². The molecule has 0 heterocycles. The summed E-state index contributed by atoms with van der Waals surface area (Å²) in [7, 11) is 0. The van der Waals surface area contributed by atoms with E-state index in [1.54, 1.807) is 6.92 Å². The lowest BCUT2D eigenvalue weighted by atomic mass is 10.0. The van der Waals surface area contributed by atoms with Gasteiger partial charge >= 0.3 is 12.0 Å². The van der Waals surface area contributed by atoms with Gasteiger partial charge in [-0.3, -0.25) is 9.59 Å². The van der Waals surface area contributed by atoms with E-state index in [1.807, 2.05) is 13.8 Å². The van der Waals surface area contributed by atoms with Crippen LogP contribution in [-0.4, -0.2) is 35.6 Å². The molecule has 0 saturated carbocycles. The highest BCUT2D eigenvalue weighted by Crippen LogP contribution is 2.06. The van der Waals surface area contributed by atoms with Crippen molar-refractivity contribution in [2.45, 2.75) is 46.1 Å². The molecule has 7 nitrogen and oxygen atoms in total. The van der Waals surface area contributed by atoms with Gasteiger partial charge in [0.2, 0.25) is 5.91 Å². The number of carbonyl (C=O) groups is 3. The number of aliphatic carboxylic acids is 1. The first-order valence-electron chi connectivity index (χ1n) is 6.80. The summed E-state index contributed by atoms with van der Waals surface area (Å²) < 4.78 is 0. The van der Waals surface area contributed by atoms with Crippen molar-refractivity contribution in [3.05, 3.63) is 0 Å². The van der Waals surface area contributed by atoms with E-state index in [4.69, 9.17) is 10.8 Å². The van der Waals surface area contributed by atoms with Crippen LogP contribution in [0.3, 0.4) is 0 Å². The molecule has 2 atom stereocenters. The van der Waals surface area contributed by atoms with Crippen LogP contribution in [0.2, 0.25) is 0 Å². The number of amides is 3. The summed E-state index contributed by atoms with van der Waals surface area (Å²) in [5.41, 5.74) is 5.04. The number of carbonyl (C=O) groups excluding carboxylic acids is 2. The molecule has 0 spiro atoms. The molecule has 0 aromatic rings. The van der Waals surface area contributed by atoms with Crippen LogP contribution in [0.25, 0.3) is 0 Å². The van der Waals surface area contributed by atoms with Crippen LogP contribution in [0.15, 0.2) is 0 Å². The fraction of sp³-hybridized carbons (Fsp3) is 0.769. The van der Waals surface area contributed by atoms with Crippen molar-refractivity contribution in [2.75, 3.05) is 6.54 Å². The summed E-state index contributed by atoms with van der Waals surface area (Å²) >= 11 is 0. The number of primary amides is 1. The molecule has 3 amide bonds. The van der Waals surface area contributed by atoms with Crippen molar-refractivity contribution in [1.29, 1.82) is 0 Å². The minimum atomic E-state index is -0.843. The van der Waals surface area contributed by atoms with Gasteiger partial charge < -0.3 is 21.5 Å². The Balaban J connectivity index is 4.12. The maximum Gasteiger partial charge on any atom is 0.312 e. The van der Waals surface area contributed by atoms with Gasteiger partial charge in [-0.1, -0.05) is 20.8 Å². The predicted octanol–water partition coefficient (Wildman–Crippen LogP) is 0.687. The van der Waals surface area contributed by atoms with Crippen LogP contribution in [0, 0.1) is 11.8 Å². The van der Waals surface area contributed by atoms with E-state index in [2.05, 4.69) is 10.6 Å². The van der Waals surface area contributed by atoms with Crippen LogP contribution in [0.5, 0.6) is 0 Å². The Kier molecular flexibility index (Phi) is 8.35. The maximum absolute atomic E-state index is 11.9. The summed E-state index contributed by atoms with van der Waals surface area (Å²) in [6.45, 7) is 5.89. The fourth-order valence-electron chi connectivity index (χ4n) is 1.74. The molecule has 116 valence electrons. The molecule has 0 aliphatic heterocycles. The van der Waals surface area contributed by atoms with Gasteiger partial charge in [-0.15, -0.1) is 0 Å². The molecule has 5 N–H and O–H groups in total. The first kappa shape index (κ1) is 18.2. The normalized spacial score (nSPS) is 13.6. The lowest BCUT2D eigenvalue weighted by molar-refractivity contribution is -0.141. The van der Waals surface area contributed by atoms with Gasteiger partial charge in [0, 0.05) is 6.54 Å². The quantitative estimate of drug-likeness (QED) is 0.466. The summed E-state index contributed by atoms with van der Waals surface area (Å²) in [5, 5.41) is 13.8. The molecule has 0 aromatic heterocycles. The number of hydrogen-bond donors (Lipinski definition) is 4. The molecule has 0 bridgehead atoms. The van der Waals surface area contributed by atoms with E-state index >= 15 is 0 Å². The number of nitrogens with one attached hydrogen (secondary N) is 2. The Labute approximate surface area is 119 Å². The third kappa shape index (κ3) is 8.34. The van der Waals surface area contributed by atoms with Gasteiger partial charge in [0.25, 0.3) is 0 Å². The summed E-state index contributed by atoms with van der Waals surface area (Å²) in [6.07, 6.45) is 1.57. The average molecular weight is 287 g/mol. The highest BCUT2D eigenvalue weighted by atomic mass is 16.4. The van der Waals surface area contributed by atoms with E-state index < -0.39 is 24.0 Å². The maximum atomic E-state index is 11.9. The van der Waals surface area contributed by atoms with Gasteiger partial charge in [0.05, 0.1) is 5.92 Å². The van der Waals surface area contributed by atoms with E-state index in [-0.39, 0.29) is 11.8 Å². The van der Waals surface area contributed by atoms with Crippen LogP contribution >= 0.6 is 0 Å². The van der Waals surface area contributed by atoms with Crippen LogP contribution < -0.4 is 16.4 Å². The SMILES string of the molecule is CC(C)CC(NC(N)=O)C(=O)NCCCC(C)C(=O)O. The highest BCUT2D eigenvalue weighted by Gasteiger charge is 2.20. The van der Waals surface area contributed by atoms with Gasteiger partial charge in [0.15, 0.2) is 0 Å². The standard InChI is InChI=1S/C13H25N3O4/c1-8(2)7-10(16-13(14)20)11(17)15-6-4-5-9(3)12(18)19/h8-10H,4-7H2,1-3H3,(H,15,17)(H,18,19)(H3,14,16,20). The Morgan fingerprint density at radius 2 is 1.80 bits per heavy atom. The summed E-state index contributed by atoms with van der Waals surface area (Å²) in [6, 6.07) is -1.38. The zero-order valence-corrected chi connectivity index (χ0v) is 12.3. The van der Waals surface area contributed by atoms with E-state index in [0.717, 1.165) is 0 Å². The van der Waals surface area contributed by atoms with E-state index in [1.165, 1.54) is 0 Å². The highest BCUT2D eigenvalue weighted by molar-refractivity contribution is 5.86. The van der Waals surface area contributed by atoms with Gasteiger partial charge in [-0.05, 0) is 25.2 Å². The van der Waals surface area contributed by atoms with Crippen molar-refractivity contribution in [2.24, 2.45) is 17.6 Å². The second-order valence-electron chi connectivity index (χ2n) is 5.36. The van der Waals surface area contributed by atoms with Crippen LogP contribution in [0.1, 0.15) is 40.0 Å². The average Bonchev–Trinajstić information content (AvgIpc) is 2.31. The number of hydrogen-bond acceptors (Lipinski definition) is 3. The molecule has 0 aliphatic rings. The largest absolute Gasteiger partial charge is 0.481 e. The molecule has 20 heavy (non-hydrogen) atoms. The van der Waals surface area contributed by atoms with Crippen molar-refractivity contribution >= 4 is 17.9 Å². The Bertz CT molecular complexity index is 345. The molecule has 2 unspecified atom stereocenters. The van der Waals surface area contributed by atoms with Gasteiger partial charge in [-0.2, -0.15) is 0 Å². The van der Waals surface area contributed by atoms with Gasteiger partial charge in [-0.25, -0.2) is 4.79 Å². The predicted molar refractivity (Wildman–Crippen MR) is 75.0 cm³/mol. The second kappa shape index (κ2) is 9.17. The Hall–Kier alpha value is -1.79. The fourth-order valence-corrected chi connectivity index (χ4v) is 1.74. The lowest BCUT2D eigenvalue weighted by Crippen LogP contribution is -2.49. The second-order valence-corrected chi connectivity index (χ2v) is 5.36. The molecule has 7 heteroatoms. The summed E-state index contributed by atoms with van der Waals surface area (Å²) in [4.78, 5) is 33.4. The molecule has 0 aromatic carbocycles. The van der Waals surface area contributed by atoms with Crippen molar-refractivity contribution in [1.82, 2.24) is 10.6 Å². The number of rotatable bonds is 9. The van der Waals surface area contributed by atoms with Gasteiger partial charge in [0.1, 0.15) is 6.04 Å². The Morgan fingerprint density at radius 1 is 1.20 bits per heavy atom. The first-order chi connectivity index (χ1) is 9.23. The summed E-state index contributed by atoms with van der Waals surface area (Å²) in [5.74, 6) is -1.32. The van der Waals surface area contributed by atoms with E-state index in [9.17, 15) is 14.4 Å². The minimum Gasteiger partial charge on any atom is -0.481 e. The molecule has 0 rings (SSSR count). The topological polar surface area (TPSA) is 122 Å². The number of carboxylic acid groups (broad SMARTS) is 1. The monoisotopic (exact) mass is 287 g/mol. The first-order valence-corrected chi connectivity index (χ1v) is 6.80. The number of urea groups is 1. The van der Waals surface area contributed by atoms with Crippen LogP contribution in [0.4, 0.5) is 4.79 Å². The third-order valence-corrected chi connectivity index (χ3v) is 2.87. The Morgan fingerprint density at radius 3 is 2.25 bits per heavy atom. The molecule has 0 fully saturated rings. The minimum absolute atomic E-state index is 0.240. The van der Waals surface area contributed by atoms with E-state index in [0.29, 0.717) is 25.8 Å². The van der Waals surface area contributed by atoms with Crippen molar-refractivity contribution in [3.63, 3.8) is 0 Å². The lowest BCUT2D eigenvalue weighted by Gasteiger charge is -2.19. The number of carboxylic acids is 1. The zero-order chi connectivity index (χ0) is 15.7. The third-order valence-electron chi connectivity index (χ3n) is 2.87. The molecular weight excluding hydrogens is 262 g/mol. The molecule has 0 radical (unpaired) electrons. The zero-order valence-electron chi connectivity index (χ0n) is 12.3. The smallest absolute Gasteiger partial charge is 0.312 e. The molecule has 0 aliphatic carbocycles. The van der Waals surface area contributed by atoms with Crippen molar-refractivity contribution in [3.8, 4) is 0 Å². The number of nitrogens with two attached hydrogens (primary N) is 1. The molecular formula is C13H25N3O4. The molecule has 0 saturated heterocycles.